The summed E-state index contributed by atoms with van der Waals surface area (Å²) in [5.74, 6) is 1.69. The zero-order valence-electron chi connectivity index (χ0n) is 13.5. The van der Waals surface area contributed by atoms with Crippen LogP contribution in [0.25, 0.3) is 6.08 Å². The molecule has 2 heterocycles. The predicted octanol–water partition coefficient (Wildman–Crippen LogP) is 3.16. The zero-order chi connectivity index (χ0) is 17.2. The zero-order valence-corrected chi connectivity index (χ0v) is 13.5. The average molecular weight is 337 g/mol. The number of rotatable bonds is 4. The van der Waals surface area contributed by atoms with Gasteiger partial charge < -0.3 is 18.9 Å². The molecule has 0 N–H and O–H groups in total. The van der Waals surface area contributed by atoms with Crippen molar-refractivity contribution in [2.45, 2.75) is 6.92 Å². The molecule has 0 saturated carbocycles. The lowest BCUT2D eigenvalue weighted by atomic mass is 10.1. The fourth-order valence-corrected chi connectivity index (χ4v) is 2.61. The number of cyclic esters (lactones) is 1. The summed E-state index contributed by atoms with van der Waals surface area (Å²) in [6.07, 6.45) is 1.65. The summed E-state index contributed by atoms with van der Waals surface area (Å²) in [5, 5.41) is 0. The van der Waals surface area contributed by atoms with Gasteiger partial charge in [-0.3, -0.25) is 0 Å². The fourth-order valence-electron chi connectivity index (χ4n) is 2.61. The predicted molar refractivity (Wildman–Crippen MR) is 90.8 cm³/mol. The number of esters is 1. The lowest BCUT2D eigenvalue weighted by Gasteiger charge is -2.08. The van der Waals surface area contributed by atoms with Crippen LogP contribution in [-0.4, -0.2) is 25.3 Å². The molecule has 2 aliphatic rings. The van der Waals surface area contributed by atoms with Crippen molar-refractivity contribution in [3.63, 3.8) is 0 Å². The number of fused-ring (bicyclic) bond motifs is 1. The highest BCUT2D eigenvalue weighted by Crippen LogP contribution is 2.33. The minimum Gasteiger partial charge on any atom is -0.493 e. The monoisotopic (exact) mass is 337 g/mol. The van der Waals surface area contributed by atoms with E-state index in [9.17, 15) is 4.79 Å². The van der Waals surface area contributed by atoms with E-state index in [0.29, 0.717) is 29.4 Å². The fraction of sp³-hybridized carbons (Fsp3) is 0.158. The second kappa shape index (κ2) is 6.32. The Morgan fingerprint density at radius 3 is 2.88 bits per heavy atom. The van der Waals surface area contributed by atoms with Crippen molar-refractivity contribution < 1.29 is 23.7 Å². The summed E-state index contributed by atoms with van der Waals surface area (Å²) in [7, 11) is 0. The summed E-state index contributed by atoms with van der Waals surface area (Å²) in [5.41, 5.74) is 1.64. The molecule has 0 amide bonds. The lowest BCUT2D eigenvalue weighted by Crippen LogP contribution is -2.07. The van der Waals surface area contributed by atoms with Gasteiger partial charge in [-0.05, 0) is 42.8 Å². The topological polar surface area (TPSA) is 66.3 Å². The highest BCUT2D eigenvalue weighted by atomic mass is 16.7. The summed E-state index contributed by atoms with van der Waals surface area (Å²) < 4.78 is 21.5. The van der Waals surface area contributed by atoms with Crippen LogP contribution in [0, 0.1) is 0 Å². The van der Waals surface area contributed by atoms with E-state index in [4.69, 9.17) is 18.9 Å². The first-order chi connectivity index (χ1) is 12.2. The molecule has 6 nitrogen and oxygen atoms in total. The van der Waals surface area contributed by atoms with Crippen LogP contribution in [0.2, 0.25) is 0 Å². The van der Waals surface area contributed by atoms with Gasteiger partial charge >= 0.3 is 5.97 Å². The first-order valence-corrected chi connectivity index (χ1v) is 7.89. The molecule has 0 atom stereocenters. The van der Waals surface area contributed by atoms with Gasteiger partial charge in [0.15, 0.2) is 17.2 Å². The number of carbonyl (C=O) groups excluding carboxylic acids is 1. The van der Waals surface area contributed by atoms with Gasteiger partial charge in [-0.15, -0.1) is 0 Å². The van der Waals surface area contributed by atoms with E-state index in [2.05, 4.69) is 4.99 Å². The van der Waals surface area contributed by atoms with Crippen molar-refractivity contribution >= 4 is 17.9 Å². The molecular formula is C19H15NO5. The second-order valence-electron chi connectivity index (χ2n) is 5.38. The van der Waals surface area contributed by atoms with Crippen LogP contribution in [0.1, 0.15) is 18.1 Å². The highest BCUT2D eigenvalue weighted by molar-refractivity contribution is 6.13. The molecule has 6 heteroatoms. The minimum absolute atomic E-state index is 0.202. The molecule has 25 heavy (non-hydrogen) atoms. The molecule has 0 saturated heterocycles. The maximum absolute atomic E-state index is 12.2. The third-order valence-corrected chi connectivity index (χ3v) is 3.74. The molecule has 0 spiro atoms. The van der Waals surface area contributed by atoms with Crippen molar-refractivity contribution in [3.8, 4) is 17.2 Å². The maximum Gasteiger partial charge on any atom is 0.363 e. The van der Waals surface area contributed by atoms with Gasteiger partial charge in [0, 0.05) is 0 Å². The Bertz CT molecular complexity index is 900. The highest BCUT2D eigenvalue weighted by Gasteiger charge is 2.26. The summed E-state index contributed by atoms with van der Waals surface area (Å²) in [6.45, 7) is 2.61. The molecule has 0 fully saturated rings. The van der Waals surface area contributed by atoms with E-state index in [0.717, 1.165) is 5.56 Å². The molecule has 0 aliphatic carbocycles. The van der Waals surface area contributed by atoms with Crippen molar-refractivity contribution in [3.05, 3.63) is 59.3 Å². The molecule has 0 aromatic heterocycles. The molecule has 4 rings (SSSR count). The number of nitrogens with zero attached hydrogens (tertiary/aromatic N) is 1. The van der Waals surface area contributed by atoms with Crippen LogP contribution < -0.4 is 14.2 Å². The Hall–Kier alpha value is -3.28. The van der Waals surface area contributed by atoms with Gasteiger partial charge in [-0.2, -0.15) is 0 Å². The first-order valence-electron chi connectivity index (χ1n) is 7.89. The van der Waals surface area contributed by atoms with Gasteiger partial charge in [-0.1, -0.05) is 18.2 Å². The Morgan fingerprint density at radius 2 is 2.00 bits per heavy atom. The Balaban J connectivity index is 1.67. The van der Waals surface area contributed by atoms with E-state index < -0.39 is 5.97 Å². The summed E-state index contributed by atoms with van der Waals surface area (Å²) in [4.78, 5) is 16.5. The molecular weight excluding hydrogens is 322 g/mol. The Morgan fingerprint density at radius 1 is 1.16 bits per heavy atom. The number of benzene rings is 2. The van der Waals surface area contributed by atoms with Crippen LogP contribution >= 0.6 is 0 Å². The van der Waals surface area contributed by atoms with Crippen LogP contribution in [0.3, 0.4) is 0 Å². The Kier molecular flexibility index (Phi) is 3.85. The van der Waals surface area contributed by atoms with Gasteiger partial charge in [0.05, 0.1) is 12.2 Å². The molecule has 2 aromatic carbocycles. The van der Waals surface area contributed by atoms with Gasteiger partial charge in [0.1, 0.15) is 5.75 Å². The number of hydrogen-bond acceptors (Lipinski definition) is 6. The number of ether oxygens (including phenoxy) is 4. The summed E-state index contributed by atoms with van der Waals surface area (Å²) >= 11 is 0. The standard InChI is InChI=1S/C19H15NO5/c1-2-22-15-6-4-3-5-13(15)18-20-14(19(21)25-18)9-12-7-8-16-17(10-12)24-11-23-16/h3-10H,2,11H2,1H3. The average Bonchev–Trinajstić information content (AvgIpc) is 3.22. The van der Waals surface area contributed by atoms with Crippen LogP contribution in [0.5, 0.6) is 17.2 Å². The normalized spacial score (nSPS) is 16.8. The molecule has 2 aliphatic heterocycles. The number of para-hydroxylation sites is 1. The van der Waals surface area contributed by atoms with Crippen molar-refractivity contribution in [1.82, 2.24) is 0 Å². The van der Waals surface area contributed by atoms with Crippen molar-refractivity contribution in [2.24, 2.45) is 4.99 Å². The SMILES string of the molecule is CCOc1ccccc1C1=NC(=Cc2ccc3c(c2)OCO3)C(=O)O1. The third-order valence-electron chi connectivity index (χ3n) is 3.74. The minimum atomic E-state index is -0.501. The molecule has 126 valence electrons. The lowest BCUT2D eigenvalue weighted by molar-refractivity contribution is -0.129. The maximum atomic E-state index is 12.2. The van der Waals surface area contributed by atoms with Gasteiger partial charge in [0.25, 0.3) is 0 Å². The van der Waals surface area contributed by atoms with Crippen molar-refractivity contribution in [2.75, 3.05) is 13.4 Å². The summed E-state index contributed by atoms with van der Waals surface area (Å²) in [6, 6.07) is 12.7. The van der Waals surface area contributed by atoms with E-state index in [-0.39, 0.29) is 18.4 Å². The largest absolute Gasteiger partial charge is 0.493 e. The number of carbonyl (C=O) groups is 1. The molecule has 0 unspecified atom stereocenters. The van der Waals surface area contributed by atoms with Crippen LogP contribution in [0.4, 0.5) is 0 Å². The molecule has 0 radical (unpaired) electrons. The molecule has 2 aromatic rings. The van der Waals surface area contributed by atoms with Crippen LogP contribution in [0.15, 0.2) is 53.2 Å². The smallest absolute Gasteiger partial charge is 0.363 e. The molecule has 0 bridgehead atoms. The van der Waals surface area contributed by atoms with Crippen LogP contribution in [-0.2, 0) is 9.53 Å². The number of aliphatic imine (C=N–C) groups is 1. The Labute approximate surface area is 144 Å². The van der Waals surface area contributed by atoms with E-state index in [1.165, 1.54) is 0 Å². The van der Waals surface area contributed by atoms with Gasteiger partial charge in [-0.25, -0.2) is 9.79 Å². The quantitative estimate of drug-likeness (QED) is 0.633. The van der Waals surface area contributed by atoms with E-state index >= 15 is 0 Å². The van der Waals surface area contributed by atoms with Crippen molar-refractivity contribution in [1.29, 1.82) is 0 Å². The first kappa shape index (κ1) is 15.3. The number of hydrogen-bond donors (Lipinski definition) is 0. The van der Waals surface area contributed by atoms with E-state index in [1.54, 1.807) is 24.3 Å². The third kappa shape index (κ3) is 2.94. The van der Waals surface area contributed by atoms with E-state index in [1.807, 2.05) is 31.2 Å². The van der Waals surface area contributed by atoms with Gasteiger partial charge in [0.2, 0.25) is 12.7 Å². The second-order valence-corrected chi connectivity index (χ2v) is 5.38.